The number of hydrogen-bond donors (Lipinski definition) is 1. The van der Waals surface area contributed by atoms with Gasteiger partial charge in [-0.3, -0.25) is 4.98 Å². The van der Waals surface area contributed by atoms with E-state index in [4.69, 9.17) is 15.5 Å². The standard InChI is InChI=1S/C19H21N5O2/c1-26-19(25)16-10-15-17(11-22-16)24(13-6-4-5-12(20)9-13)18(23-15)14-7-2-3-8-21-14/h2-3,7-8,10-13H,4-6,9,20H2,1H3. The molecule has 0 amide bonds. The highest BCUT2D eigenvalue weighted by Gasteiger charge is 2.26. The smallest absolute Gasteiger partial charge is 0.356 e. The summed E-state index contributed by atoms with van der Waals surface area (Å²) in [6.07, 6.45) is 7.51. The second kappa shape index (κ2) is 6.84. The third-order valence-corrected chi connectivity index (χ3v) is 4.92. The highest BCUT2D eigenvalue weighted by molar-refractivity contribution is 5.91. The van der Waals surface area contributed by atoms with Crippen LogP contribution in [0, 0.1) is 0 Å². The van der Waals surface area contributed by atoms with Crippen LogP contribution in [0.25, 0.3) is 22.6 Å². The zero-order valence-electron chi connectivity index (χ0n) is 14.6. The van der Waals surface area contributed by atoms with E-state index in [1.165, 1.54) is 7.11 Å². The molecule has 1 aliphatic rings. The lowest BCUT2D eigenvalue weighted by molar-refractivity contribution is 0.0594. The Bertz CT molecular complexity index is 938. The molecule has 0 spiro atoms. The zero-order valence-corrected chi connectivity index (χ0v) is 14.6. The lowest BCUT2D eigenvalue weighted by atomic mass is 9.91. The molecule has 0 radical (unpaired) electrons. The van der Waals surface area contributed by atoms with Crippen LogP contribution in [0.4, 0.5) is 0 Å². The summed E-state index contributed by atoms with van der Waals surface area (Å²) < 4.78 is 6.96. The number of hydrogen-bond acceptors (Lipinski definition) is 6. The van der Waals surface area contributed by atoms with Gasteiger partial charge in [-0.05, 0) is 43.9 Å². The molecule has 0 saturated heterocycles. The van der Waals surface area contributed by atoms with Crippen molar-refractivity contribution in [2.75, 3.05) is 7.11 Å². The normalized spacial score (nSPS) is 20.2. The van der Waals surface area contributed by atoms with Crippen LogP contribution in [0.15, 0.2) is 36.7 Å². The number of carbonyl (C=O) groups is 1. The molecular weight excluding hydrogens is 330 g/mol. The number of pyridine rings is 2. The van der Waals surface area contributed by atoms with Crippen molar-refractivity contribution in [3.63, 3.8) is 0 Å². The van der Waals surface area contributed by atoms with Crippen molar-refractivity contribution >= 4 is 17.0 Å². The minimum absolute atomic E-state index is 0.185. The van der Waals surface area contributed by atoms with E-state index in [0.29, 0.717) is 5.52 Å². The predicted molar refractivity (Wildman–Crippen MR) is 97.6 cm³/mol. The van der Waals surface area contributed by atoms with E-state index in [-0.39, 0.29) is 17.8 Å². The van der Waals surface area contributed by atoms with Crippen LogP contribution in [0.1, 0.15) is 42.2 Å². The molecule has 0 aromatic carbocycles. The first kappa shape index (κ1) is 16.7. The van der Waals surface area contributed by atoms with Crippen molar-refractivity contribution in [2.24, 2.45) is 5.73 Å². The summed E-state index contributed by atoms with van der Waals surface area (Å²) >= 11 is 0. The average Bonchev–Trinajstić information content (AvgIpc) is 3.06. The van der Waals surface area contributed by atoms with Gasteiger partial charge in [-0.15, -0.1) is 0 Å². The van der Waals surface area contributed by atoms with Gasteiger partial charge in [-0.25, -0.2) is 14.8 Å². The molecule has 7 nitrogen and oxygen atoms in total. The van der Waals surface area contributed by atoms with Crippen LogP contribution in [-0.4, -0.2) is 38.6 Å². The molecule has 7 heteroatoms. The predicted octanol–water partition coefficient (Wildman–Crippen LogP) is 2.72. The molecule has 1 fully saturated rings. The van der Waals surface area contributed by atoms with Crippen LogP contribution in [0.3, 0.4) is 0 Å². The minimum atomic E-state index is -0.472. The Balaban J connectivity index is 1.89. The fraction of sp³-hybridized carbons (Fsp3) is 0.368. The fourth-order valence-electron chi connectivity index (χ4n) is 3.69. The van der Waals surface area contributed by atoms with Gasteiger partial charge in [-0.1, -0.05) is 6.07 Å². The van der Waals surface area contributed by atoms with Crippen molar-refractivity contribution in [3.8, 4) is 11.5 Å². The van der Waals surface area contributed by atoms with Crippen LogP contribution in [0.2, 0.25) is 0 Å². The number of ether oxygens (including phenoxy) is 1. The zero-order chi connectivity index (χ0) is 18.1. The number of imidazole rings is 1. The molecule has 4 rings (SSSR count). The highest BCUT2D eigenvalue weighted by Crippen LogP contribution is 2.35. The number of carbonyl (C=O) groups excluding carboxylic acids is 1. The Labute approximate surface area is 151 Å². The van der Waals surface area contributed by atoms with E-state index in [1.54, 1.807) is 18.5 Å². The van der Waals surface area contributed by atoms with E-state index >= 15 is 0 Å². The number of rotatable bonds is 3. The molecule has 2 atom stereocenters. The topological polar surface area (TPSA) is 95.9 Å². The van der Waals surface area contributed by atoms with E-state index in [1.807, 2.05) is 18.2 Å². The number of nitrogens with two attached hydrogens (primary N) is 1. The van der Waals surface area contributed by atoms with Crippen LogP contribution in [0.5, 0.6) is 0 Å². The SMILES string of the molecule is COC(=O)c1cc2nc(-c3ccccn3)n(C3CCCC(N)C3)c2cn1. The van der Waals surface area contributed by atoms with E-state index in [2.05, 4.69) is 14.5 Å². The highest BCUT2D eigenvalue weighted by atomic mass is 16.5. The monoisotopic (exact) mass is 351 g/mol. The molecule has 26 heavy (non-hydrogen) atoms. The van der Waals surface area contributed by atoms with Crippen LogP contribution >= 0.6 is 0 Å². The lowest BCUT2D eigenvalue weighted by Gasteiger charge is -2.29. The summed E-state index contributed by atoms with van der Waals surface area (Å²) in [4.78, 5) is 25.3. The molecule has 3 heterocycles. The second-order valence-corrected chi connectivity index (χ2v) is 6.65. The first-order chi connectivity index (χ1) is 12.7. The summed E-state index contributed by atoms with van der Waals surface area (Å²) in [7, 11) is 1.34. The third kappa shape index (κ3) is 2.94. The molecule has 3 aromatic rings. The van der Waals surface area contributed by atoms with Gasteiger partial charge in [0, 0.05) is 18.3 Å². The van der Waals surface area contributed by atoms with Crippen molar-refractivity contribution in [2.45, 2.75) is 37.8 Å². The first-order valence-electron chi connectivity index (χ1n) is 8.80. The van der Waals surface area contributed by atoms with Crippen molar-refractivity contribution in [3.05, 3.63) is 42.4 Å². The minimum Gasteiger partial charge on any atom is -0.464 e. The van der Waals surface area contributed by atoms with Crippen LogP contribution < -0.4 is 5.73 Å². The van der Waals surface area contributed by atoms with Gasteiger partial charge in [0.2, 0.25) is 0 Å². The fourth-order valence-corrected chi connectivity index (χ4v) is 3.69. The van der Waals surface area contributed by atoms with Gasteiger partial charge >= 0.3 is 5.97 Å². The maximum atomic E-state index is 11.8. The Hall–Kier alpha value is -2.80. The van der Waals surface area contributed by atoms with E-state index < -0.39 is 5.97 Å². The molecule has 1 aliphatic carbocycles. The van der Waals surface area contributed by atoms with Gasteiger partial charge < -0.3 is 15.0 Å². The second-order valence-electron chi connectivity index (χ2n) is 6.65. The van der Waals surface area contributed by atoms with Crippen LogP contribution in [-0.2, 0) is 4.74 Å². The quantitative estimate of drug-likeness (QED) is 0.729. The first-order valence-corrected chi connectivity index (χ1v) is 8.80. The average molecular weight is 351 g/mol. The van der Waals surface area contributed by atoms with Gasteiger partial charge in [0.1, 0.15) is 5.69 Å². The molecule has 2 unspecified atom stereocenters. The summed E-state index contributed by atoms with van der Waals surface area (Å²) in [6, 6.07) is 7.86. The van der Waals surface area contributed by atoms with E-state index in [0.717, 1.165) is 42.7 Å². The summed E-state index contributed by atoms with van der Waals surface area (Å²) in [5, 5.41) is 0. The number of nitrogens with zero attached hydrogens (tertiary/aromatic N) is 4. The summed E-state index contributed by atoms with van der Waals surface area (Å²) in [5.74, 6) is 0.309. The molecule has 1 saturated carbocycles. The van der Waals surface area contributed by atoms with Gasteiger partial charge in [0.15, 0.2) is 11.5 Å². The Morgan fingerprint density at radius 2 is 2.19 bits per heavy atom. The van der Waals surface area contributed by atoms with Gasteiger partial charge in [0.25, 0.3) is 0 Å². The summed E-state index contributed by atoms with van der Waals surface area (Å²) in [6.45, 7) is 0. The maximum absolute atomic E-state index is 11.8. The molecule has 3 aromatic heterocycles. The van der Waals surface area contributed by atoms with Crippen molar-refractivity contribution in [1.29, 1.82) is 0 Å². The Morgan fingerprint density at radius 1 is 1.31 bits per heavy atom. The number of methoxy groups -OCH3 is 1. The van der Waals surface area contributed by atoms with Crippen molar-refractivity contribution in [1.82, 2.24) is 19.5 Å². The molecule has 2 N–H and O–H groups in total. The largest absolute Gasteiger partial charge is 0.464 e. The molecule has 134 valence electrons. The summed E-state index contributed by atoms with van der Waals surface area (Å²) in [5.41, 5.74) is 8.86. The maximum Gasteiger partial charge on any atom is 0.356 e. The lowest BCUT2D eigenvalue weighted by Crippen LogP contribution is -2.29. The van der Waals surface area contributed by atoms with Crippen molar-refractivity contribution < 1.29 is 9.53 Å². The number of aromatic nitrogens is 4. The molecule has 0 bridgehead atoms. The van der Waals surface area contributed by atoms with E-state index in [9.17, 15) is 4.79 Å². The number of fused-ring (bicyclic) bond motifs is 1. The Morgan fingerprint density at radius 3 is 2.92 bits per heavy atom. The molecule has 0 aliphatic heterocycles. The molecular formula is C19H21N5O2. The number of esters is 1. The van der Waals surface area contributed by atoms with Gasteiger partial charge in [0.05, 0.1) is 24.3 Å². The van der Waals surface area contributed by atoms with Gasteiger partial charge in [-0.2, -0.15) is 0 Å². The Kier molecular flexibility index (Phi) is 4.38. The third-order valence-electron chi connectivity index (χ3n) is 4.92.